The van der Waals surface area contributed by atoms with Crippen molar-refractivity contribution in [3.05, 3.63) is 33.9 Å². The molecule has 0 aliphatic rings. The third-order valence-corrected chi connectivity index (χ3v) is 6.78. The Balaban J connectivity index is 2.96. The van der Waals surface area contributed by atoms with Crippen LogP contribution in [0.1, 0.15) is 159 Å². The minimum atomic E-state index is -1.27. The molecule has 198 valence electrons. The molecule has 0 fully saturated rings. The fraction of sp³-hybridized carbons (Fsp3) is 0.690. The van der Waals surface area contributed by atoms with Gasteiger partial charge in [-0.05, 0) is 42.9 Å². The summed E-state index contributed by atoms with van der Waals surface area (Å²) in [4.78, 5) is 36.2. The van der Waals surface area contributed by atoms with Crippen molar-refractivity contribution in [2.24, 2.45) is 0 Å². The predicted octanol–water partition coefficient (Wildman–Crippen LogP) is 8.15. The molecule has 35 heavy (non-hydrogen) atoms. The van der Waals surface area contributed by atoms with Gasteiger partial charge in [0.15, 0.2) is 0 Å². The lowest BCUT2D eigenvalue weighted by molar-refractivity contribution is 0.0694. The summed E-state index contributed by atoms with van der Waals surface area (Å²) in [6.07, 6.45) is 17.9. The number of hydrogen-bond acceptors (Lipinski definition) is 3. The summed E-state index contributed by atoms with van der Waals surface area (Å²) in [6.45, 7) is 4.36. The second-order valence-electron chi connectivity index (χ2n) is 9.67. The highest BCUT2D eigenvalue weighted by molar-refractivity contribution is 6.03. The summed E-state index contributed by atoms with van der Waals surface area (Å²) < 4.78 is 0. The quantitative estimate of drug-likeness (QED) is 0.150. The van der Waals surface area contributed by atoms with Gasteiger partial charge in [-0.25, -0.2) is 14.4 Å². The minimum Gasteiger partial charge on any atom is -0.478 e. The van der Waals surface area contributed by atoms with Crippen LogP contribution in [0.5, 0.6) is 0 Å². The third-order valence-electron chi connectivity index (χ3n) is 6.78. The number of aromatic carboxylic acids is 3. The van der Waals surface area contributed by atoms with Crippen LogP contribution in [0.4, 0.5) is 0 Å². The molecule has 3 N–H and O–H groups in total. The number of carbonyl (C=O) groups is 3. The molecule has 0 saturated carbocycles. The Morgan fingerprint density at radius 2 is 0.829 bits per heavy atom. The van der Waals surface area contributed by atoms with Crippen molar-refractivity contribution in [2.75, 3.05) is 0 Å². The molecule has 0 amide bonds. The Bertz CT molecular complexity index is 743. The zero-order valence-electron chi connectivity index (χ0n) is 21.9. The van der Waals surface area contributed by atoms with Crippen LogP contribution in [0.15, 0.2) is 6.07 Å². The standard InChI is InChI=1S/C29H46O6/c1-3-5-7-9-11-13-15-17-19-22-24(27(30)31)21-25(28(32)33)23(26(22)29(34)35)20-18-16-14-12-10-8-6-4-2/h21H,3-20H2,1-2H3,(H,30,31)(H,32,33)(H,34,35). The molecule has 0 heterocycles. The molecule has 0 unspecified atom stereocenters. The Kier molecular flexibility index (Phi) is 15.7. The van der Waals surface area contributed by atoms with Gasteiger partial charge in [-0.1, -0.05) is 104 Å². The summed E-state index contributed by atoms with van der Waals surface area (Å²) in [7, 11) is 0. The van der Waals surface area contributed by atoms with Gasteiger partial charge >= 0.3 is 17.9 Å². The topological polar surface area (TPSA) is 112 Å². The van der Waals surface area contributed by atoms with Crippen molar-refractivity contribution in [2.45, 2.75) is 129 Å². The van der Waals surface area contributed by atoms with Gasteiger partial charge in [0.2, 0.25) is 0 Å². The molecule has 0 saturated heterocycles. The Morgan fingerprint density at radius 1 is 0.514 bits per heavy atom. The second-order valence-corrected chi connectivity index (χ2v) is 9.67. The van der Waals surface area contributed by atoms with E-state index >= 15 is 0 Å². The summed E-state index contributed by atoms with van der Waals surface area (Å²) in [5.41, 5.74) is 0.0594. The van der Waals surface area contributed by atoms with E-state index in [-0.39, 0.29) is 27.8 Å². The Hall–Kier alpha value is -2.37. The van der Waals surface area contributed by atoms with Gasteiger partial charge in [0.1, 0.15) is 0 Å². The minimum absolute atomic E-state index is 0.104. The van der Waals surface area contributed by atoms with E-state index in [1.807, 2.05) is 0 Å². The third kappa shape index (κ3) is 11.3. The van der Waals surface area contributed by atoms with E-state index in [1.165, 1.54) is 57.4 Å². The fourth-order valence-corrected chi connectivity index (χ4v) is 4.80. The van der Waals surface area contributed by atoms with Crippen LogP contribution in [0.25, 0.3) is 0 Å². The predicted molar refractivity (Wildman–Crippen MR) is 140 cm³/mol. The highest BCUT2D eigenvalue weighted by Crippen LogP contribution is 2.28. The summed E-state index contributed by atoms with van der Waals surface area (Å²) in [5, 5.41) is 29.5. The molecular formula is C29H46O6. The first kappa shape index (κ1) is 30.7. The van der Waals surface area contributed by atoms with Crippen LogP contribution in [0.3, 0.4) is 0 Å². The van der Waals surface area contributed by atoms with Gasteiger partial charge < -0.3 is 15.3 Å². The molecule has 0 aromatic heterocycles. The summed E-state index contributed by atoms with van der Waals surface area (Å²) >= 11 is 0. The zero-order valence-corrected chi connectivity index (χ0v) is 21.9. The highest BCUT2D eigenvalue weighted by atomic mass is 16.4. The first-order valence-electron chi connectivity index (χ1n) is 13.7. The number of carboxylic acid groups (broad SMARTS) is 3. The van der Waals surface area contributed by atoms with Gasteiger partial charge in [-0.3, -0.25) is 0 Å². The lowest BCUT2D eigenvalue weighted by Crippen LogP contribution is -2.18. The molecule has 1 aromatic carbocycles. The maximum Gasteiger partial charge on any atom is 0.336 e. The first-order valence-corrected chi connectivity index (χ1v) is 13.7. The lowest BCUT2D eigenvalue weighted by atomic mass is 9.86. The average molecular weight is 491 g/mol. The molecule has 0 aliphatic heterocycles. The van der Waals surface area contributed by atoms with E-state index in [1.54, 1.807) is 0 Å². The van der Waals surface area contributed by atoms with E-state index < -0.39 is 17.9 Å². The zero-order chi connectivity index (χ0) is 26.1. The van der Waals surface area contributed by atoms with Crippen molar-refractivity contribution in [3.63, 3.8) is 0 Å². The van der Waals surface area contributed by atoms with Gasteiger partial charge in [-0.15, -0.1) is 0 Å². The van der Waals surface area contributed by atoms with Crippen LogP contribution in [-0.2, 0) is 12.8 Å². The largest absolute Gasteiger partial charge is 0.478 e. The monoisotopic (exact) mass is 490 g/mol. The van der Waals surface area contributed by atoms with E-state index in [0.717, 1.165) is 38.5 Å². The first-order chi connectivity index (χ1) is 16.8. The molecule has 6 heteroatoms. The smallest absolute Gasteiger partial charge is 0.336 e. The molecule has 6 nitrogen and oxygen atoms in total. The van der Waals surface area contributed by atoms with Crippen LogP contribution >= 0.6 is 0 Å². The Morgan fingerprint density at radius 3 is 1.11 bits per heavy atom. The van der Waals surface area contributed by atoms with Gasteiger partial charge in [0.05, 0.1) is 16.7 Å². The number of carboxylic acids is 3. The molecule has 1 rings (SSSR count). The van der Waals surface area contributed by atoms with E-state index in [0.29, 0.717) is 25.7 Å². The maximum atomic E-state index is 12.3. The molecular weight excluding hydrogens is 444 g/mol. The normalized spacial score (nSPS) is 11.0. The number of benzene rings is 1. The lowest BCUT2D eigenvalue weighted by Gasteiger charge is -2.17. The summed E-state index contributed by atoms with van der Waals surface area (Å²) in [6, 6.07) is 1.18. The van der Waals surface area contributed by atoms with Gasteiger partial charge in [0.25, 0.3) is 0 Å². The molecule has 0 aliphatic carbocycles. The van der Waals surface area contributed by atoms with Gasteiger partial charge in [-0.2, -0.15) is 0 Å². The molecule has 1 aromatic rings. The fourth-order valence-electron chi connectivity index (χ4n) is 4.80. The molecule has 0 spiro atoms. The van der Waals surface area contributed by atoms with Crippen LogP contribution in [-0.4, -0.2) is 33.2 Å². The van der Waals surface area contributed by atoms with Crippen LogP contribution in [0.2, 0.25) is 0 Å². The van der Waals surface area contributed by atoms with Crippen molar-refractivity contribution in [1.82, 2.24) is 0 Å². The van der Waals surface area contributed by atoms with Crippen molar-refractivity contribution in [3.8, 4) is 0 Å². The van der Waals surface area contributed by atoms with E-state index in [2.05, 4.69) is 13.8 Å². The second kappa shape index (κ2) is 18.0. The van der Waals surface area contributed by atoms with Crippen molar-refractivity contribution >= 4 is 17.9 Å². The van der Waals surface area contributed by atoms with Crippen molar-refractivity contribution in [1.29, 1.82) is 0 Å². The van der Waals surface area contributed by atoms with Crippen LogP contribution < -0.4 is 0 Å². The summed E-state index contributed by atoms with van der Waals surface area (Å²) in [5.74, 6) is -3.79. The van der Waals surface area contributed by atoms with E-state index in [9.17, 15) is 29.7 Å². The highest BCUT2D eigenvalue weighted by Gasteiger charge is 2.27. The SMILES string of the molecule is CCCCCCCCCCc1c(C(=O)O)cc(C(=O)O)c(CCCCCCCCCC)c1C(=O)O. The van der Waals surface area contributed by atoms with Crippen LogP contribution in [0, 0.1) is 0 Å². The number of unbranched alkanes of at least 4 members (excludes halogenated alkanes) is 14. The van der Waals surface area contributed by atoms with Gasteiger partial charge in [0, 0.05) is 0 Å². The average Bonchev–Trinajstić information content (AvgIpc) is 2.81. The number of hydrogen-bond donors (Lipinski definition) is 3. The van der Waals surface area contributed by atoms with Crippen molar-refractivity contribution < 1.29 is 29.7 Å². The Labute approximate surface area is 211 Å². The number of rotatable bonds is 21. The molecule has 0 atom stereocenters. The maximum absolute atomic E-state index is 12.3. The molecule has 0 radical (unpaired) electrons. The van der Waals surface area contributed by atoms with E-state index in [4.69, 9.17) is 0 Å². The molecule has 0 bridgehead atoms.